The van der Waals surface area contributed by atoms with Gasteiger partial charge in [0, 0.05) is 12.1 Å². The number of H-pyrrole nitrogens is 1. The van der Waals surface area contributed by atoms with E-state index in [0.29, 0.717) is 18.9 Å². The van der Waals surface area contributed by atoms with Crippen molar-refractivity contribution < 1.29 is 4.79 Å². The summed E-state index contributed by atoms with van der Waals surface area (Å²) in [6.07, 6.45) is 4.01. The molecule has 1 aliphatic carbocycles. The third-order valence-electron chi connectivity index (χ3n) is 4.24. The minimum Gasteiger partial charge on any atom is -0.331 e. The number of carbonyl (C=O) groups is 1. The highest BCUT2D eigenvalue weighted by Crippen LogP contribution is 2.33. The summed E-state index contributed by atoms with van der Waals surface area (Å²) in [5.41, 5.74) is 3.28. The van der Waals surface area contributed by atoms with Crippen LogP contribution in [0.25, 0.3) is 5.57 Å². The maximum absolute atomic E-state index is 13.0. The maximum Gasteiger partial charge on any atom is 0.250 e. The molecule has 0 spiro atoms. The molecule has 2 aromatic rings. The molecule has 0 radical (unpaired) electrons. The molecule has 3 rings (SSSR count). The summed E-state index contributed by atoms with van der Waals surface area (Å²) in [6, 6.07) is 10.2. The molecule has 0 fully saturated rings. The number of hydrogen-bond acceptors (Lipinski definition) is 4. The Kier molecular flexibility index (Phi) is 4.80. The lowest BCUT2D eigenvalue weighted by atomic mass is 9.86. The number of benzene rings is 1. The summed E-state index contributed by atoms with van der Waals surface area (Å²) in [5, 5.41) is 13.9. The van der Waals surface area contributed by atoms with Crippen molar-refractivity contribution in [3.8, 4) is 0 Å². The Balaban J connectivity index is 1.89. The zero-order valence-corrected chi connectivity index (χ0v) is 13.3. The number of carbonyl (C=O) groups excluding carboxylic acids is 1. The van der Waals surface area contributed by atoms with Crippen LogP contribution >= 0.6 is 0 Å². The number of allylic oxidation sites excluding steroid dienone is 1. The van der Waals surface area contributed by atoms with Gasteiger partial charge in [0.15, 0.2) is 5.82 Å². The first-order valence-corrected chi connectivity index (χ1v) is 8.08. The van der Waals surface area contributed by atoms with Crippen LogP contribution in [0.1, 0.15) is 44.0 Å². The van der Waals surface area contributed by atoms with Crippen molar-refractivity contribution in [1.29, 1.82) is 0 Å². The molecule has 1 aromatic heterocycles. The lowest BCUT2D eigenvalue weighted by Crippen LogP contribution is -2.33. The van der Waals surface area contributed by atoms with Crippen LogP contribution in [0.4, 0.5) is 0 Å². The van der Waals surface area contributed by atoms with Crippen LogP contribution in [-0.4, -0.2) is 38.0 Å². The number of aromatic amines is 1. The number of hydrogen-bond donors (Lipinski definition) is 1. The van der Waals surface area contributed by atoms with Gasteiger partial charge in [-0.2, -0.15) is 5.21 Å². The Labute approximate surface area is 135 Å². The molecule has 0 aliphatic heterocycles. The Bertz CT molecular complexity index is 678. The van der Waals surface area contributed by atoms with Gasteiger partial charge >= 0.3 is 0 Å². The Morgan fingerprint density at radius 1 is 1.22 bits per heavy atom. The first kappa shape index (κ1) is 15.4. The predicted octanol–water partition coefficient (Wildman–Crippen LogP) is 2.58. The fourth-order valence-corrected chi connectivity index (χ4v) is 3.04. The van der Waals surface area contributed by atoms with Gasteiger partial charge in [0.25, 0.3) is 0 Å². The summed E-state index contributed by atoms with van der Waals surface area (Å²) in [5.74, 6) is 0.633. The second-order valence-electron chi connectivity index (χ2n) is 5.68. The third kappa shape index (κ3) is 3.47. The molecule has 1 N–H and O–H groups in total. The zero-order valence-electron chi connectivity index (χ0n) is 13.3. The Hall–Kier alpha value is -2.50. The largest absolute Gasteiger partial charge is 0.331 e. The van der Waals surface area contributed by atoms with Crippen molar-refractivity contribution in [1.82, 2.24) is 25.5 Å². The van der Waals surface area contributed by atoms with Gasteiger partial charge in [-0.15, -0.1) is 10.2 Å². The van der Waals surface area contributed by atoms with Gasteiger partial charge in [-0.1, -0.05) is 35.5 Å². The van der Waals surface area contributed by atoms with Gasteiger partial charge in [0.1, 0.15) is 0 Å². The highest BCUT2D eigenvalue weighted by molar-refractivity contribution is 6.01. The molecule has 0 unspecified atom stereocenters. The third-order valence-corrected chi connectivity index (χ3v) is 4.24. The lowest BCUT2D eigenvalue weighted by Gasteiger charge is -2.26. The van der Waals surface area contributed by atoms with Crippen LogP contribution < -0.4 is 0 Å². The number of likely N-dealkylation sites (N-methyl/N-ethyl adjacent to an activating group) is 1. The van der Waals surface area contributed by atoms with Crippen molar-refractivity contribution >= 4 is 11.5 Å². The van der Waals surface area contributed by atoms with Crippen LogP contribution in [0.5, 0.6) is 0 Å². The van der Waals surface area contributed by atoms with E-state index in [1.165, 1.54) is 5.57 Å². The molecule has 23 heavy (non-hydrogen) atoms. The van der Waals surface area contributed by atoms with Crippen molar-refractivity contribution in [2.24, 2.45) is 0 Å². The van der Waals surface area contributed by atoms with Gasteiger partial charge in [0.2, 0.25) is 5.91 Å². The minimum absolute atomic E-state index is 0.0934. The monoisotopic (exact) mass is 311 g/mol. The molecule has 0 saturated carbocycles. The quantitative estimate of drug-likeness (QED) is 0.921. The number of aromatic nitrogens is 4. The summed E-state index contributed by atoms with van der Waals surface area (Å²) < 4.78 is 0. The molecule has 1 amide bonds. The second kappa shape index (κ2) is 7.17. The standard InChI is InChI=1S/C17H21N5O/c1-2-22(12-16-18-20-21-19-16)17(23)15-11-7-6-10-14(15)13-8-4-3-5-9-13/h3-5,8-9H,2,6-7,10-12H2,1H3,(H,18,19,20,21). The van der Waals surface area contributed by atoms with E-state index in [1.807, 2.05) is 25.1 Å². The van der Waals surface area contributed by atoms with E-state index < -0.39 is 0 Å². The van der Waals surface area contributed by atoms with Crippen LogP contribution in [0.15, 0.2) is 35.9 Å². The number of amides is 1. The average molecular weight is 311 g/mol. The van der Waals surface area contributed by atoms with E-state index in [4.69, 9.17) is 0 Å². The van der Waals surface area contributed by atoms with Crippen molar-refractivity contribution in [3.63, 3.8) is 0 Å². The molecule has 120 valence electrons. The van der Waals surface area contributed by atoms with E-state index >= 15 is 0 Å². The topological polar surface area (TPSA) is 74.8 Å². The lowest BCUT2D eigenvalue weighted by molar-refractivity contribution is -0.127. The molecule has 1 aromatic carbocycles. The van der Waals surface area contributed by atoms with Crippen molar-refractivity contribution in [2.75, 3.05) is 6.54 Å². The van der Waals surface area contributed by atoms with Crippen LogP contribution in [-0.2, 0) is 11.3 Å². The van der Waals surface area contributed by atoms with Gasteiger partial charge in [-0.05, 0) is 43.7 Å². The Morgan fingerprint density at radius 3 is 2.70 bits per heavy atom. The van der Waals surface area contributed by atoms with Gasteiger partial charge in [-0.25, -0.2) is 0 Å². The van der Waals surface area contributed by atoms with Gasteiger partial charge in [0.05, 0.1) is 6.54 Å². The molecular formula is C17H21N5O. The summed E-state index contributed by atoms with van der Waals surface area (Å²) >= 11 is 0. The SMILES string of the molecule is CCN(Cc1nn[nH]n1)C(=O)C1=C(c2ccccc2)CCCC1. The second-order valence-corrected chi connectivity index (χ2v) is 5.68. The highest BCUT2D eigenvalue weighted by atomic mass is 16.2. The molecular weight excluding hydrogens is 290 g/mol. The summed E-state index contributed by atoms with van der Waals surface area (Å²) in [7, 11) is 0. The number of nitrogens with one attached hydrogen (secondary N) is 1. The van der Waals surface area contributed by atoms with Gasteiger partial charge < -0.3 is 4.90 Å². The van der Waals surface area contributed by atoms with Crippen molar-refractivity contribution in [3.05, 3.63) is 47.3 Å². The first-order valence-electron chi connectivity index (χ1n) is 8.08. The van der Waals surface area contributed by atoms with Gasteiger partial charge in [-0.3, -0.25) is 4.79 Å². The molecule has 1 aliphatic rings. The summed E-state index contributed by atoms with van der Waals surface area (Å²) in [4.78, 5) is 14.8. The molecule has 1 heterocycles. The first-order chi connectivity index (χ1) is 11.3. The fourth-order valence-electron chi connectivity index (χ4n) is 3.04. The number of tetrazole rings is 1. The average Bonchev–Trinajstić information content (AvgIpc) is 3.13. The van der Waals surface area contributed by atoms with E-state index in [-0.39, 0.29) is 5.91 Å². The highest BCUT2D eigenvalue weighted by Gasteiger charge is 2.24. The smallest absolute Gasteiger partial charge is 0.250 e. The normalized spacial score (nSPS) is 14.8. The maximum atomic E-state index is 13.0. The molecule has 6 nitrogen and oxygen atoms in total. The van der Waals surface area contributed by atoms with E-state index in [1.54, 1.807) is 4.90 Å². The van der Waals surface area contributed by atoms with E-state index in [2.05, 4.69) is 32.8 Å². The predicted molar refractivity (Wildman–Crippen MR) is 87.1 cm³/mol. The van der Waals surface area contributed by atoms with Crippen LogP contribution in [0, 0.1) is 0 Å². The molecule has 0 bridgehead atoms. The number of rotatable bonds is 5. The zero-order chi connectivity index (χ0) is 16.1. The molecule has 6 heteroatoms. The van der Waals surface area contributed by atoms with Crippen LogP contribution in [0.2, 0.25) is 0 Å². The fraction of sp³-hybridized carbons (Fsp3) is 0.412. The van der Waals surface area contributed by atoms with E-state index in [9.17, 15) is 4.79 Å². The summed E-state index contributed by atoms with van der Waals surface area (Å²) in [6.45, 7) is 2.99. The number of nitrogens with zero attached hydrogens (tertiary/aromatic N) is 4. The van der Waals surface area contributed by atoms with E-state index in [0.717, 1.165) is 36.8 Å². The minimum atomic E-state index is 0.0934. The molecule has 0 atom stereocenters. The Morgan fingerprint density at radius 2 is 2.00 bits per heavy atom. The van der Waals surface area contributed by atoms with Crippen LogP contribution in [0.3, 0.4) is 0 Å². The van der Waals surface area contributed by atoms with Crippen molar-refractivity contribution in [2.45, 2.75) is 39.2 Å². The molecule has 0 saturated heterocycles.